The Labute approximate surface area is 85.8 Å². The van der Waals surface area contributed by atoms with Crippen LogP contribution in [0, 0.1) is 0 Å². The van der Waals surface area contributed by atoms with Gasteiger partial charge in [0.15, 0.2) is 5.76 Å². The molecule has 0 fully saturated rings. The molecule has 1 aromatic rings. The molecule has 1 aliphatic heterocycles. The number of carbonyl (C=O) groups is 1. The molecule has 2 heterocycles. The number of fused-ring (bicyclic) bond motifs is 1. The first-order valence-electron chi connectivity index (χ1n) is 4.62. The molecule has 1 unspecified atom stereocenters. The molecular formula is C9H12N2O4. The molecule has 1 atom stereocenters. The van der Waals surface area contributed by atoms with E-state index >= 15 is 0 Å². The molecule has 1 N–H and O–H groups in total. The van der Waals surface area contributed by atoms with Crippen LogP contribution in [0.3, 0.4) is 0 Å². The van der Waals surface area contributed by atoms with Crippen LogP contribution < -0.4 is 10.9 Å². The van der Waals surface area contributed by atoms with Crippen molar-refractivity contribution in [3.05, 3.63) is 21.7 Å². The minimum atomic E-state index is -0.451. The van der Waals surface area contributed by atoms with Crippen molar-refractivity contribution in [2.24, 2.45) is 7.05 Å². The van der Waals surface area contributed by atoms with E-state index in [0.29, 0.717) is 24.3 Å². The molecule has 6 nitrogen and oxygen atoms in total. The fourth-order valence-corrected chi connectivity index (χ4v) is 1.71. The highest BCUT2D eigenvalue weighted by Crippen LogP contribution is 2.13. The van der Waals surface area contributed by atoms with E-state index in [1.54, 1.807) is 7.05 Å². The van der Waals surface area contributed by atoms with Gasteiger partial charge < -0.3 is 9.26 Å². The smallest absolute Gasteiger partial charge is 0.323 e. The van der Waals surface area contributed by atoms with E-state index in [9.17, 15) is 9.59 Å². The molecule has 0 saturated carbocycles. The summed E-state index contributed by atoms with van der Waals surface area (Å²) in [5, 5.41) is 2.95. The van der Waals surface area contributed by atoms with Crippen molar-refractivity contribution >= 4 is 5.97 Å². The van der Waals surface area contributed by atoms with E-state index in [2.05, 4.69) is 10.1 Å². The molecule has 1 aromatic heterocycles. The predicted molar refractivity (Wildman–Crippen MR) is 50.3 cm³/mol. The second kappa shape index (κ2) is 3.54. The summed E-state index contributed by atoms with van der Waals surface area (Å²) in [5.74, 6) is 0.242. The first-order valence-corrected chi connectivity index (χ1v) is 4.62. The minimum absolute atomic E-state index is 0.180. The first kappa shape index (κ1) is 9.97. The zero-order valence-corrected chi connectivity index (χ0v) is 8.57. The molecule has 0 aliphatic carbocycles. The summed E-state index contributed by atoms with van der Waals surface area (Å²) < 4.78 is 11.0. The Morgan fingerprint density at radius 1 is 1.67 bits per heavy atom. The largest absolute Gasteiger partial charge is 0.468 e. The summed E-state index contributed by atoms with van der Waals surface area (Å²) in [6, 6.07) is -0.451. The first-order chi connectivity index (χ1) is 7.13. The quantitative estimate of drug-likeness (QED) is 0.615. The van der Waals surface area contributed by atoms with Gasteiger partial charge in [-0.25, -0.2) is 0 Å². The predicted octanol–water partition coefficient (Wildman–Crippen LogP) is -0.834. The fourth-order valence-electron chi connectivity index (χ4n) is 1.71. The number of rotatable bonds is 1. The van der Waals surface area contributed by atoms with Gasteiger partial charge in [0, 0.05) is 13.5 Å². The number of nitrogens with zero attached hydrogens (tertiary/aromatic N) is 1. The number of ether oxygens (including phenoxy) is 1. The number of carbonyl (C=O) groups excluding carboxylic acids is 1. The van der Waals surface area contributed by atoms with Gasteiger partial charge in [0.05, 0.1) is 19.2 Å². The van der Waals surface area contributed by atoms with Gasteiger partial charge in [0.2, 0.25) is 0 Å². The van der Waals surface area contributed by atoms with Gasteiger partial charge in [-0.3, -0.25) is 14.9 Å². The number of aromatic nitrogens is 1. The lowest BCUT2D eigenvalue weighted by Gasteiger charge is -2.19. The van der Waals surface area contributed by atoms with Crippen molar-refractivity contribution in [3.8, 4) is 0 Å². The third-order valence-electron chi connectivity index (χ3n) is 2.53. The van der Waals surface area contributed by atoms with Gasteiger partial charge in [-0.1, -0.05) is 0 Å². The summed E-state index contributed by atoms with van der Waals surface area (Å²) in [5.41, 5.74) is 0.382. The number of methoxy groups -OCH3 is 1. The summed E-state index contributed by atoms with van der Waals surface area (Å²) in [6.45, 7) is 0.380. The third-order valence-corrected chi connectivity index (χ3v) is 2.53. The molecule has 1 aliphatic rings. The Hall–Kier alpha value is -1.56. The second-order valence-electron chi connectivity index (χ2n) is 3.46. The van der Waals surface area contributed by atoms with Crippen molar-refractivity contribution in [1.29, 1.82) is 0 Å². The fraction of sp³-hybridized carbons (Fsp3) is 0.556. The molecular weight excluding hydrogens is 200 g/mol. The van der Waals surface area contributed by atoms with Crippen LogP contribution >= 0.6 is 0 Å². The van der Waals surface area contributed by atoms with Crippen molar-refractivity contribution in [2.75, 3.05) is 7.11 Å². The van der Waals surface area contributed by atoms with Gasteiger partial charge >= 0.3 is 5.97 Å². The molecule has 0 amide bonds. The maximum absolute atomic E-state index is 11.6. The van der Waals surface area contributed by atoms with Gasteiger partial charge in [0.1, 0.15) is 6.04 Å². The molecule has 15 heavy (non-hydrogen) atoms. The highest BCUT2D eigenvalue weighted by atomic mass is 16.5. The molecule has 0 saturated heterocycles. The topological polar surface area (TPSA) is 73.5 Å². The van der Waals surface area contributed by atoms with Crippen LogP contribution in [0.1, 0.15) is 11.3 Å². The van der Waals surface area contributed by atoms with E-state index in [0.717, 1.165) is 0 Å². The van der Waals surface area contributed by atoms with Crippen LogP contribution in [-0.2, 0) is 29.5 Å². The number of hydrogen-bond donors (Lipinski definition) is 1. The minimum Gasteiger partial charge on any atom is -0.468 e. The van der Waals surface area contributed by atoms with E-state index in [1.807, 2.05) is 0 Å². The van der Waals surface area contributed by atoms with E-state index in [1.165, 1.54) is 11.8 Å². The molecule has 0 spiro atoms. The molecule has 0 bridgehead atoms. The zero-order chi connectivity index (χ0) is 11.0. The lowest BCUT2D eigenvalue weighted by atomic mass is 10.0. The number of nitrogens with one attached hydrogen (secondary N) is 1. The van der Waals surface area contributed by atoms with Crippen molar-refractivity contribution in [3.63, 3.8) is 0 Å². The normalized spacial score (nSPS) is 19.7. The SMILES string of the molecule is COC(=O)C1Cc2c(on(C)c2=O)CN1. The van der Waals surface area contributed by atoms with Crippen molar-refractivity contribution in [1.82, 2.24) is 10.1 Å². The highest BCUT2D eigenvalue weighted by molar-refractivity contribution is 5.76. The Balaban J connectivity index is 2.30. The second-order valence-corrected chi connectivity index (χ2v) is 3.46. The summed E-state index contributed by atoms with van der Waals surface area (Å²) in [7, 11) is 2.88. The van der Waals surface area contributed by atoms with E-state index in [4.69, 9.17) is 4.52 Å². The number of esters is 1. The molecule has 0 radical (unpaired) electrons. The van der Waals surface area contributed by atoms with Crippen LogP contribution in [-0.4, -0.2) is 23.9 Å². The average Bonchev–Trinajstić information content (AvgIpc) is 2.54. The summed E-state index contributed by atoms with van der Waals surface area (Å²) >= 11 is 0. The van der Waals surface area contributed by atoms with Crippen LogP contribution in [0.5, 0.6) is 0 Å². The zero-order valence-electron chi connectivity index (χ0n) is 8.57. The van der Waals surface area contributed by atoms with E-state index in [-0.39, 0.29) is 11.5 Å². The highest BCUT2D eigenvalue weighted by Gasteiger charge is 2.29. The average molecular weight is 212 g/mol. The maximum Gasteiger partial charge on any atom is 0.323 e. The Morgan fingerprint density at radius 3 is 3.07 bits per heavy atom. The van der Waals surface area contributed by atoms with Crippen molar-refractivity contribution in [2.45, 2.75) is 19.0 Å². The van der Waals surface area contributed by atoms with Crippen LogP contribution in [0.4, 0.5) is 0 Å². The Morgan fingerprint density at radius 2 is 2.40 bits per heavy atom. The monoisotopic (exact) mass is 212 g/mol. The van der Waals surface area contributed by atoms with Gasteiger partial charge in [-0.2, -0.15) is 4.74 Å². The van der Waals surface area contributed by atoms with E-state index < -0.39 is 6.04 Å². The van der Waals surface area contributed by atoms with Crippen molar-refractivity contribution < 1.29 is 14.1 Å². The lowest BCUT2D eigenvalue weighted by Crippen LogP contribution is -2.43. The van der Waals surface area contributed by atoms with Gasteiger partial charge in [-0.15, -0.1) is 0 Å². The molecule has 6 heteroatoms. The van der Waals surface area contributed by atoms with Crippen LogP contribution in [0.2, 0.25) is 0 Å². The van der Waals surface area contributed by atoms with Crippen LogP contribution in [0.15, 0.2) is 9.32 Å². The summed E-state index contributed by atoms with van der Waals surface area (Å²) in [4.78, 5) is 22.8. The molecule has 2 rings (SSSR count). The third kappa shape index (κ3) is 1.56. The standard InChI is InChI=1S/C9H12N2O4/c1-11-8(12)5-3-6(9(13)14-2)10-4-7(5)15-11/h6,10H,3-4H2,1-2H3. The molecule has 82 valence electrons. The summed E-state index contributed by atoms with van der Waals surface area (Å²) in [6.07, 6.45) is 0.325. The maximum atomic E-state index is 11.6. The number of hydrogen-bond acceptors (Lipinski definition) is 5. The molecule has 0 aromatic carbocycles. The lowest BCUT2D eigenvalue weighted by molar-refractivity contribution is -0.143. The van der Waals surface area contributed by atoms with Crippen LogP contribution in [0.25, 0.3) is 0 Å². The Kier molecular flexibility index (Phi) is 2.36. The van der Waals surface area contributed by atoms with Gasteiger partial charge in [0.25, 0.3) is 5.56 Å². The van der Waals surface area contributed by atoms with Gasteiger partial charge in [-0.05, 0) is 0 Å². The Bertz CT molecular complexity index is 445. The number of aryl methyl sites for hydroxylation is 1.